The van der Waals surface area contributed by atoms with Gasteiger partial charge in [0, 0.05) is 0 Å². The van der Waals surface area contributed by atoms with E-state index in [1.807, 2.05) is 0 Å². The Morgan fingerprint density at radius 3 is 2.57 bits per heavy atom. The van der Waals surface area contributed by atoms with Crippen molar-refractivity contribution in [2.75, 3.05) is 13.2 Å². The minimum Gasteiger partial charge on any atom is -0.464 e. The molecule has 0 aromatic heterocycles. The predicted octanol–water partition coefficient (Wildman–Crippen LogP) is 0.820. The molecule has 4 heteroatoms. The van der Waals surface area contributed by atoms with Crippen LogP contribution in [0, 0.1) is 0 Å². The number of rotatable bonds is 8. The van der Waals surface area contributed by atoms with Gasteiger partial charge in [-0.2, -0.15) is 0 Å². The van der Waals surface area contributed by atoms with Crippen molar-refractivity contribution >= 4 is 5.97 Å². The lowest BCUT2D eigenvalue weighted by Crippen LogP contribution is -2.35. The number of carbonyl (C=O) groups is 1. The van der Waals surface area contributed by atoms with Gasteiger partial charge in [-0.15, -0.1) is 0 Å². The van der Waals surface area contributed by atoms with Crippen LogP contribution in [-0.2, 0) is 9.53 Å². The summed E-state index contributed by atoms with van der Waals surface area (Å²) in [5, 5.41) is 8.55. The molecule has 0 radical (unpaired) electrons. The Kier molecular flexibility index (Phi) is 8.57. The molecular formula is C10H21NO3. The highest BCUT2D eigenvalue weighted by Gasteiger charge is 2.12. The normalized spacial score (nSPS) is 12.5. The van der Waals surface area contributed by atoms with Gasteiger partial charge < -0.3 is 15.6 Å². The number of unbranched alkanes of at least 4 members (excludes halogenated alkanes) is 4. The van der Waals surface area contributed by atoms with Crippen LogP contribution in [0.5, 0.6) is 0 Å². The molecule has 0 amide bonds. The van der Waals surface area contributed by atoms with E-state index < -0.39 is 12.0 Å². The third-order valence-electron chi connectivity index (χ3n) is 1.99. The Morgan fingerprint density at radius 2 is 2.00 bits per heavy atom. The molecule has 0 rings (SSSR count). The molecule has 0 saturated carbocycles. The van der Waals surface area contributed by atoms with Gasteiger partial charge >= 0.3 is 5.97 Å². The fraction of sp³-hybridized carbons (Fsp3) is 0.900. The van der Waals surface area contributed by atoms with Crippen molar-refractivity contribution in [1.29, 1.82) is 0 Å². The maximum Gasteiger partial charge on any atom is 0.325 e. The lowest BCUT2D eigenvalue weighted by Gasteiger charge is -2.08. The van der Waals surface area contributed by atoms with Gasteiger partial charge in [-0.25, -0.2) is 0 Å². The maximum atomic E-state index is 11.0. The van der Waals surface area contributed by atoms with Gasteiger partial charge in [-0.3, -0.25) is 4.79 Å². The molecule has 0 fully saturated rings. The fourth-order valence-corrected chi connectivity index (χ4v) is 1.06. The van der Waals surface area contributed by atoms with Crippen LogP contribution < -0.4 is 5.73 Å². The second-order valence-electron chi connectivity index (χ2n) is 3.37. The first kappa shape index (κ1) is 13.4. The van der Waals surface area contributed by atoms with Gasteiger partial charge in [0.1, 0.15) is 6.04 Å². The highest BCUT2D eigenvalue weighted by molar-refractivity contribution is 5.75. The number of hydrogen-bond donors (Lipinski definition) is 2. The number of aliphatic hydroxyl groups is 1. The monoisotopic (exact) mass is 203 g/mol. The molecule has 3 N–H and O–H groups in total. The molecule has 0 heterocycles. The predicted molar refractivity (Wildman–Crippen MR) is 54.8 cm³/mol. The van der Waals surface area contributed by atoms with Crippen LogP contribution in [0.25, 0.3) is 0 Å². The van der Waals surface area contributed by atoms with Crippen molar-refractivity contribution in [2.24, 2.45) is 5.73 Å². The van der Waals surface area contributed by atoms with Crippen LogP contribution >= 0.6 is 0 Å². The number of ether oxygens (including phenoxy) is 1. The van der Waals surface area contributed by atoms with Gasteiger partial charge in [0.25, 0.3) is 0 Å². The van der Waals surface area contributed by atoms with Crippen LogP contribution in [0.4, 0.5) is 0 Å². The Hall–Kier alpha value is -0.610. The zero-order valence-corrected chi connectivity index (χ0v) is 8.87. The maximum absolute atomic E-state index is 11.0. The number of carbonyl (C=O) groups excluding carboxylic acids is 1. The summed E-state index contributed by atoms with van der Waals surface area (Å²) in [5.74, 6) is -0.511. The van der Waals surface area contributed by atoms with Crippen molar-refractivity contribution in [3.63, 3.8) is 0 Å². The van der Waals surface area contributed by atoms with E-state index in [0.717, 1.165) is 12.8 Å². The summed E-state index contributed by atoms with van der Waals surface area (Å²) >= 11 is 0. The second-order valence-corrected chi connectivity index (χ2v) is 3.37. The Balaban J connectivity index is 3.23. The Labute approximate surface area is 85.4 Å². The first-order chi connectivity index (χ1) is 6.72. The van der Waals surface area contributed by atoms with Crippen LogP contribution in [0.15, 0.2) is 0 Å². The van der Waals surface area contributed by atoms with E-state index in [-0.39, 0.29) is 6.61 Å². The van der Waals surface area contributed by atoms with Crippen LogP contribution in [0.3, 0.4) is 0 Å². The third kappa shape index (κ3) is 6.86. The highest BCUT2D eigenvalue weighted by Crippen LogP contribution is 2.02. The first-order valence-corrected chi connectivity index (χ1v) is 5.25. The largest absolute Gasteiger partial charge is 0.464 e. The van der Waals surface area contributed by atoms with E-state index in [2.05, 4.69) is 6.92 Å². The van der Waals surface area contributed by atoms with Crippen molar-refractivity contribution in [2.45, 2.75) is 45.1 Å². The van der Waals surface area contributed by atoms with E-state index in [1.165, 1.54) is 19.3 Å². The average molecular weight is 203 g/mol. The standard InChI is InChI=1S/C10H21NO3/c1-2-3-4-5-6-7-14-10(13)9(11)8-12/h9,12H,2-8,11H2,1H3/t9-/m0/s1. The Morgan fingerprint density at radius 1 is 1.36 bits per heavy atom. The second kappa shape index (κ2) is 8.97. The summed E-state index contributed by atoms with van der Waals surface area (Å²) in [5.41, 5.74) is 5.25. The molecule has 4 nitrogen and oxygen atoms in total. The summed E-state index contributed by atoms with van der Waals surface area (Å²) in [6.45, 7) is 2.21. The van der Waals surface area contributed by atoms with E-state index in [0.29, 0.717) is 6.61 Å². The van der Waals surface area contributed by atoms with E-state index in [4.69, 9.17) is 15.6 Å². The lowest BCUT2D eigenvalue weighted by molar-refractivity contribution is -0.146. The van der Waals surface area contributed by atoms with Gasteiger partial charge in [0.2, 0.25) is 0 Å². The summed E-state index contributed by atoms with van der Waals surface area (Å²) < 4.78 is 4.85. The van der Waals surface area contributed by atoms with Crippen molar-refractivity contribution in [3.8, 4) is 0 Å². The highest BCUT2D eigenvalue weighted by atomic mass is 16.5. The zero-order chi connectivity index (χ0) is 10.8. The topological polar surface area (TPSA) is 72.5 Å². The van der Waals surface area contributed by atoms with E-state index in [1.54, 1.807) is 0 Å². The molecule has 84 valence electrons. The van der Waals surface area contributed by atoms with Gasteiger partial charge in [0.15, 0.2) is 0 Å². The van der Waals surface area contributed by atoms with E-state index in [9.17, 15) is 4.79 Å². The smallest absolute Gasteiger partial charge is 0.325 e. The summed E-state index contributed by atoms with van der Waals surface area (Å²) in [7, 11) is 0. The van der Waals surface area contributed by atoms with Crippen molar-refractivity contribution < 1.29 is 14.6 Å². The van der Waals surface area contributed by atoms with Gasteiger partial charge in [-0.1, -0.05) is 32.6 Å². The summed E-state index contributed by atoms with van der Waals surface area (Å²) in [4.78, 5) is 11.0. The summed E-state index contributed by atoms with van der Waals surface area (Å²) in [6, 6.07) is -0.884. The molecule has 1 atom stereocenters. The van der Waals surface area contributed by atoms with Crippen molar-refractivity contribution in [3.05, 3.63) is 0 Å². The number of aliphatic hydroxyl groups excluding tert-OH is 1. The molecule has 0 unspecified atom stereocenters. The van der Waals surface area contributed by atoms with Crippen molar-refractivity contribution in [1.82, 2.24) is 0 Å². The van der Waals surface area contributed by atoms with E-state index >= 15 is 0 Å². The van der Waals surface area contributed by atoms with Crippen LogP contribution in [0.2, 0.25) is 0 Å². The molecule has 0 aliphatic carbocycles. The molecule has 0 aromatic carbocycles. The Bertz CT molecular complexity index is 150. The number of hydrogen-bond acceptors (Lipinski definition) is 4. The molecule has 0 aromatic rings. The van der Waals surface area contributed by atoms with Gasteiger partial charge in [0.05, 0.1) is 13.2 Å². The summed E-state index contributed by atoms with van der Waals surface area (Å²) in [6.07, 6.45) is 5.57. The fourth-order valence-electron chi connectivity index (χ4n) is 1.06. The minimum atomic E-state index is -0.884. The molecular weight excluding hydrogens is 182 g/mol. The molecule has 0 bridgehead atoms. The molecule has 14 heavy (non-hydrogen) atoms. The average Bonchev–Trinajstić information content (AvgIpc) is 2.21. The molecule has 0 saturated heterocycles. The van der Waals surface area contributed by atoms with Crippen LogP contribution in [0.1, 0.15) is 39.0 Å². The SMILES string of the molecule is CCCCCCCOC(=O)[C@@H](N)CO. The minimum absolute atomic E-state index is 0.353. The number of nitrogens with two attached hydrogens (primary N) is 1. The van der Waals surface area contributed by atoms with Crippen LogP contribution in [-0.4, -0.2) is 30.3 Å². The van der Waals surface area contributed by atoms with Gasteiger partial charge in [-0.05, 0) is 6.42 Å². The lowest BCUT2D eigenvalue weighted by atomic mass is 10.2. The first-order valence-electron chi connectivity index (χ1n) is 5.25. The zero-order valence-electron chi connectivity index (χ0n) is 8.87. The molecule has 0 aliphatic rings. The third-order valence-corrected chi connectivity index (χ3v) is 1.99. The quantitative estimate of drug-likeness (QED) is 0.452. The molecule has 0 spiro atoms. The number of esters is 1. The molecule has 0 aliphatic heterocycles.